The molecule has 1 fully saturated rings. The Labute approximate surface area is 87.7 Å². The second-order valence-electron chi connectivity index (χ2n) is 3.41. The molecule has 1 heterocycles. The van der Waals surface area contributed by atoms with Crippen molar-refractivity contribution in [1.29, 1.82) is 0 Å². The van der Waals surface area contributed by atoms with Crippen molar-refractivity contribution in [3.05, 3.63) is 35.9 Å². The summed E-state index contributed by atoms with van der Waals surface area (Å²) in [4.78, 5) is 23.3. The maximum atomic E-state index is 11.9. The van der Waals surface area contributed by atoms with Crippen LogP contribution in [0, 0.1) is 0 Å². The second-order valence-corrected chi connectivity index (χ2v) is 3.41. The van der Waals surface area contributed by atoms with Crippen molar-refractivity contribution in [2.24, 2.45) is 0 Å². The normalized spacial score (nSPS) is 20.8. The lowest BCUT2D eigenvalue weighted by molar-refractivity contribution is -0.123. The van der Waals surface area contributed by atoms with Crippen molar-refractivity contribution >= 4 is 11.7 Å². The number of hydrogen-bond donors (Lipinski definition) is 2. The summed E-state index contributed by atoms with van der Waals surface area (Å²) in [5.41, 5.74) is 0.562. The van der Waals surface area contributed by atoms with E-state index in [-0.39, 0.29) is 11.7 Å². The maximum Gasteiger partial charge on any atom is 0.245 e. The van der Waals surface area contributed by atoms with Crippen LogP contribution >= 0.6 is 0 Å². The van der Waals surface area contributed by atoms with E-state index in [1.165, 1.54) is 0 Å². The van der Waals surface area contributed by atoms with Gasteiger partial charge in [-0.2, -0.15) is 0 Å². The number of nitrogens with one attached hydrogen (secondary N) is 2. The molecule has 4 nitrogen and oxygen atoms in total. The van der Waals surface area contributed by atoms with Gasteiger partial charge in [0.1, 0.15) is 0 Å². The van der Waals surface area contributed by atoms with Crippen LogP contribution in [-0.4, -0.2) is 30.8 Å². The highest BCUT2D eigenvalue weighted by atomic mass is 16.2. The summed E-state index contributed by atoms with van der Waals surface area (Å²) in [6, 6.07) is 8.10. The SMILES string of the molecule is O=C1NCCN[C@H]1C(=O)c1ccccc1. The number of carbonyl (C=O) groups excluding carboxylic acids is 2. The molecule has 15 heavy (non-hydrogen) atoms. The number of benzene rings is 1. The highest BCUT2D eigenvalue weighted by Gasteiger charge is 2.28. The zero-order valence-corrected chi connectivity index (χ0v) is 8.19. The molecule has 1 aliphatic rings. The number of amides is 1. The zero-order valence-electron chi connectivity index (χ0n) is 8.19. The Bertz CT molecular complexity index is 375. The minimum absolute atomic E-state index is 0.173. The molecule has 1 amide bonds. The van der Waals surface area contributed by atoms with E-state index in [4.69, 9.17) is 0 Å². The van der Waals surface area contributed by atoms with E-state index in [1.54, 1.807) is 24.3 Å². The van der Waals surface area contributed by atoms with Crippen LogP contribution in [0.3, 0.4) is 0 Å². The minimum atomic E-state index is -0.735. The third kappa shape index (κ3) is 2.05. The van der Waals surface area contributed by atoms with Crippen LogP contribution in [0.5, 0.6) is 0 Å². The average Bonchev–Trinajstić information content (AvgIpc) is 2.30. The van der Waals surface area contributed by atoms with Gasteiger partial charge in [0.25, 0.3) is 0 Å². The van der Waals surface area contributed by atoms with E-state index in [0.717, 1.165) is 0 Å². The molecule has 4 heteroatoms. The Morgan fingerprint density at radius 2 is 1.93 bits per heavy atom. The van der Waals surface area contributed by atoms with Crippen LogP contribution < -0.4 is 10.6 Å². The fraction of sp³-hybridized carbons (Fsp3) is 0.273. The Balaban J connectivity index is 2.17. The van der Waals surface area contributed by atoms with Gasteiger partial charge >= 0.3 is 0 Å². The molecule has 2 rings (SSSR count). The Kier molecular flexibility index (Phi) is 2.78. The van der Waals surface area contributed by atoms with Gasteiger partial charge in [0.2, 0.25) is 5.91 Å². The number of Topliss-reactive ketones (excluding diaryl/α,β-unsaturated/α-hetero) is 1. The molecular weight excluding hydrogens is 192 g/mol. The molecule has 1 aromatic rings. The molecule has 0 unspecified atom stereocenters. The molecule has 1 aliphatic heterocycles. The Hall–Kier alpha value is -1.68. The minimum Gasteiger partial charge on any atom is -0.353 e. The van der Waals surface area contributed by atoms with Crippen LogP contribution in [0.4, 0.5) is 0 Å². The number of rotatable bonds is 2. The van der Waals surface area contributed by atoms with Gasteiger partial charge in [0, 0.05) is 18.7 Å². The fourth-order valence-electron chi connectivity index (χ4n) is 1.58. The van der Waals surface area contributed by atoms with Gasteiger partial charge in [0.15, 0.2) is 11.8 Å². The van der Waals surface area contributed by atoms with Gasteiger partial charge in [-0.25, -0.2) is 0 Å². The molecule has 1 atom stereocenters. The van der Waals surface area contributed by atoms with Crippen molar-refractivity contribution in [3.8, 4) is 0 Å². The van der Waals surface area contributed by atoms with E-state index >= 15 is 0 Å². The van der Waals surface area contributed by atoms with Crippen molar-refractivity contribution in [3.63, 3.8) is 0 Å². The quantitative estimate of drug-likeness (QED) is 0.525. The lowest BCUT2D eigenvalue weighted by Gasteiger charge is -2.22. The summed E-state index contributed by atoms with van der Waals surface area (Å²) in [5.74, 6) is -0.414. The maximum absolute atomic E-state index is 11.9. The molecule has 0 radical (unpaired) electrons. The third-order valence-electron chi connectivity index (χ3n) is 2.36. The molecule has 0 aromatic heterocycles. The first kappa shape index (κ1) is 9.86. The van der Waals surface area contributed by atoms with Gasteiger partial charge in [-0.05, 0) is 0 Å². The first-order valence-electron chi connectivity index (χ1n) is 4.89. The predicted molar refractivity (Wildman–Crippen MR) is 55.6 cm³/mol. The summed E-state index contributed by atoms with van der Waals surface area (Å²) < 4.78 is 0. The van der Waals surface area contributed by atoms with Gasteiger partial charge in [-0.15, -0.1) is 0 Å². The van der Waals surface area contributed by atoms with Crippen LogP contribution in [-0.2, 0) is 4.79 Å². The van der Waals surface area contributed by atoms with Gasteiger partial charge < -0.3 is 5.32 Å². The van der Waals surface area contributed by atoms with E-state index in [2.05, 4.69) is 10.6 Å². The molecule has 0 saturated carbocycles. The number of piperazine rings is 1. The molecular formula is C11H12N2O2. The van der Waals surface area contributed by atoms with Gasteiger partial charge in [-0.1, -0.05) is 30.3 Å². The molecule has 0 bridgehead atoms. The van der Waals surface area contributed by atoms with E-state index in [0.29, 0.717) is 18.7 Å². The van der Waals surface area contributed by atoms with E-state index in [1.807, 2.05) is 6.07 Å². The summed E-state index contributed by atoms with van der Waals surface area (Å²) >= 11 is 0. The molecule has 78 valence electrons. The molecule has 0 spiro atoms. The zero-order chi connectivity index (χ0) is 10.7. The summed E-state index contributed by atoms with van der Waals surface area (Å²) in [6.45, 7) is 1.21. The Morgan fingerprint density at radius 3 is 2.60 bits per heavy atom. The average molecular weight is 204 g/mol. The van der Waals surface area contributed by atoms with Crippen LogP contribution in [0.15, 0.2) is 30.3 Å². The smallest absolute Gasteiger partial charge is 0.245 e. The summed E-state index contributed by atoms with van der Waals surface area (Å²) in [5, 5.41) is 5.57. The van der Waals surface area contributed by atoms with Gasteiger partial charge in [-0.3, -0.25) is 14.9 Å². The first-order valence-corrected chi connectivity index (χ1v) is 4.89. The van der Waals surface area contributed by atoms with E-state index in [9.17, 15) is 9.59 Å². The van der Waals surface area contributed by atoms with Crippen molar-refractivity contribution < 1.29 is 9.59 Å². The molecule has 1 aromatic carbocycles. The number of ketones is 1. The highest BCUT2D eigenvalue weighted by Crippen LogP contribution is 2.04. The summed E-state index contributed by atoms with van der Waals surface area (Å²) in [7, 11) is 0. The first-order chi connectivity index (χ1) is 7.29. The number of hydrogen-bond acceptors (Lipinski definition) is 3. The van der Waals surface area contributed by atoms with Crippen LogP contribution in [0.1, 0.15) is 10.4 Å². The largest absolute Gasteiger partial charge is 0.353 e. The fourth-order valence-corrected chi connectivity index (χ4v) is 1.58. The van der Waals surface area contributed by atoms with E-state index < -0.39 is 6.04 Å². The topological polar surface area (TPSA) is 58.2 Å². The van der Waals surface area contributed by atoms with Crippen molar-refractivity contribution in [2.45, 2.75) is 6.04 Å². The predicted octanol–water partition coefficient (Wildman–Crippen LogP) is -0.0427. The second kappa shape index (κ2) is 4.23. The Morgan fingerprint density at radius 1 is 1.20 bits per heavy atom. The monoisotopic (exact) mass is 204 g/mol. The lowest BCUT2D eigenvalue weighted by atomic mass is 10.0. The van der Waals surface area contributed by atoms with Crippen LogP contribution in [0.25, 0.3) is 0 Å². The molecule has 2 N–H and O–H groups in total. The molecule has 0 aliphatic carbocycles. The lowest BCUT2D eigenvalue weighted by Crippen LogP contribution is -2.56. The van der Waals surface area contributed by atoms with Crippen molar-refractivity contribution in [1.82, 2.24) is 10.6 Å². The summed E-state index contributed by atoms with van der Waals surface area (Å²) in [6.07, 6.45) is 0. The van der Waals surface area contributed by atoms with Gasteiger partial charge in [0.05, 0.1) is 0 Å². The van der Waals surface area contributed by atoms with Crippen LogP contribution in [0.2, 0.25) is 0 Å². The molecule has 1 saturated heterocycles. The van der Waals surface area contributed by atoms with Crippen molar-refractivity contribution in [2.75, 3.05) is 13.1 Å². The third-order valence-corrected chi connectivity index (χ3v) is 2.36. The number of carbonyl (C=O) groups is 2. The highest BCUT2D eigenvalue weighted by molar-refractivity contribution is 6.13. The standard InChI is InChI=1S/C11H12N2O2/c14-10(8-4-2-1-3-5-8)9-11(15)13-7-6-12-9/h1-5,9,12H,6-7H2,(H,13,15)/t9-/m0/s1.